The topological polar surface area (TPSA) is 52.0 Å². The maximum Gasteiger partial charge on any atom is 0.435 e. The largest absolute Gasteiger partial charge is 0.435 e. The van der Waals surface area contributed by atoms with Crippen LogP contribution in [0.25, 0.3) is 16.9 Å². The van der Waals surface area contributed by atoms with E-state index in [0.717, 1.165) is 17.9 Å². The molecule has 0 bridgehead atoms. The Hall–Kier alpha value is -2.61. The third kappa shape index (κ3) is 4.11. The molecule has 148 valence electrons. The van der Waals surface area contributed by atoms with Gasteiger partial charge >= 0.3 is 6.18 Å². The highest BCUT2D eigenvalue weighted by Gasteiger charge is 2.35. The average Bonchev–Trinajstić information content (AvgIpc) is 3.07. The Morgan fingerprint density at radius 2 is 1.54 bits per heavy atom. The monoisotopic (exact) mass is 408 g/mol. The van der Waals surface area contributed by atoms with E-state index < -0.39 is 21.7 Å². The summed E-state index contributed by atoms with van der Waals surface area (Å²) in [5, 5.41) is 3.75. The SMILES string of the molecule is CC(C)c1ccc(-n2nc(C(F)(F)F)cc2-c2ccc(S(C)(=O)=O)cc2)cc1. The van der Waals surface area contributed by atoms with Crippen molar-refractivity contribution in [2.75, 3.05) is 6.26 Å². The van der Waals surface area contributed by atoms with Crippen molar-refractivity contribution in [2.24, 2.45) is 0 Å². The fourth-order valence-electron chi connectivity index (χ4n) is 2.80. The number of benzene rings is 2. The average molecular weight is 408 g/mol. The van der Waals surface area contributed by atoms with Crippen LogP contribution in [0.15, 0.2) is 59.5 Å². The van der Waals surface area contributed by atoms with E-state index in [1.807, 2.05) is 26.0 Å². The standard InChI is InChI=1S/C20H19F3N2O2S/c1-13(2)14-4-8-16(9-5-14)25-18(12-19(24-25)20(21,22)23)15-6-10-17(11-7-15)28(3,26)27/h4-13H,1-3H3. The molecule has 0 unspecified atom stereocenters. The van der Waals surface area contributed by atoms with E-state index in [0.29, 0.717) is 17.2 Å². The molecule has 0 saturated carbocycles. The highest BCUT2D eigenvalue weighted by atomic mass is 32.2. The van der Waals surface area contributed by atoms with Crippen LogP contribution < -0.4 is 0 Å². The van der Waals surface area contributed by atoms with E-state index in [1.165, 1.54) is 28.9 Å². The number of hydrogen-bond donors (Lipinski definition) is 0. The third-order valence-electron chi connectivity index (χ3n) is 4.38. The summed E-state index contributed by atoms with van der Waals surface area (Å²) in [6, 6.07) is 13.8. The molecule has 0 spiro atoms. The molecule has 4 nitrogen and oxygen atoms in total. The molecule has 0 aliphatic carbocycles. The van der Waals surface area contributed by atoms with Crippen LogP contribution in [0.5, 0.6) is 0 Å². The van der Waals surface area contributed by atoms with Crippen molar-refractivity contribution in [3.05, 3.63) is 65.9 Å². The van der Waals surface area contributed by atoms with Crippen molar-refractivity contribution in [1.82, 2.24) is 9.78 Å². The van der Waals surface area contributed by atoms with Gasteiger partial charge in [-0.05, 0) is 41.8 Å². The molecule has 0 aliphatic rings. The van der Waals surface area contributed by atoms with Gasteiger partial charge in [-0.25, -0.2) is 13.1 Å². The summed E-state index contributed by atoms with van der Waals surface area (Å²) in [5.74, 6) is 0.292. The van der Waals surface area contributed by atoms with Crippen LogP contribution in [-0.2, 0) is 16.0 Å². The van der Waals surface area contributed by atoms with E-state index in [2.05, 4.69) is 5.10 Å². The lowest BCUT2D eigenvalue weighted by Crippen LogP contribution is -2.07. The maximum atomic E-state index is 13.2. The van der Waals surface area contributed by atoms with E-state index in [4.69, 9.17) is 0 Å². The molecule has 0 aliphatic heterocycles. The molecule has 2 aromatic carbocycles. The van der Waals surface area contributed by atoms with Gasteiger partial charge in [-0.1, -0.05) is 38.1 Å². The Morgan fingerprint density at radius 1 is 0.964 bits per heavy atom. The molecule has 3 aromatic rings. The number of sulfone groups is 1. The lowest BCUT2D eigenvalue weighted by Gasteiger charge is -2.10. The minimum atomic E-state index is -4.59. The lowest BCUT2D eigenvalue weighted by molar-refractivity contribution is -0.141. The first kappa shape index (κ1) is 20.1. The number of rotatable bonds is 4. The predicted octanol–water partition coefficient (Wildman–Crippen LogP) is 5.09. The molecule has 1 aromatic heterocycles. The Labute approximate surface area is 161 Å². The molecule has 0 atom stereocenters. The summed E-state index contributed by atoms with van der Waals surface area (Å²) in [6.07, 6.45) is -3.52. The van der Waals surface area contributed by atoms with E-state index >= 15 is 0 Å². The Balaban J connectivity index is 2.13. The summed E-state index contributed by atoms with van der Waals surface area (Å²) >= 11 is 0. The van der Waals surface area contributed by atoms with Crippen molar-refractivity contribution in [2.45, 2.75) is 30.8 Å². The fraction of sp³-hybridized carbons (Fsp3) is 0.250. The molecule has 3 rings (SSSR count). The summed E-state index contributed by atoms with van der Waals surface area (Å²) < 4.78 is 64.2. The first-order valence-electron chi connectivity index (χ1n) is 8.55. The predicted molar refractivity (Wildman–Crippen MR) is 101 cm³/mol. The number of aromatic nitrogens is 2. The maximum absolute atomic E-state index is 13.2. The van der Waals surface area contributed by atoms with E-state index in [1.54, 1.807) is 12.1 Å². The molecule has 0 amide bonds. The van der Waals surface area contributed by atoms with Crippen molar-refractivity contribution in [1.29, 1.82) is 0 Å². The molecular formula is C20H19F3N2O2S. The number of hydrogen-bond acceptors (Lipinski definition) is 3. The molecule has 0 saturated heterocycles. The van der Waals surface area contributed by atoms with Gasteiger partial charge in [0.25, 0.3) is 0 Å². The molecular weight excluding hydrogens is 389 g/mol. The Morgan fingerprint density at radius 3 is 2.00 bits per heavy atom. The van der Waals surface area contributed by atoms with Crippen molar-refractivity contribution in [3.63, 3.8) is 0 Å². The number of alkyl halides is 3. The zero-order chi connectivity index (χ0) is 20.7. The normalized spacial score (nSPS) is 12.5. The Kier molecular flexibility index (Phi) is 5.10. The van der Waals surface area contributed by atoms with Crippen LogP contribution in [-0.4, -0.2) is 24.5 Å². The Bertz CT molecular complexity index is 1080. The summed E-state index contributed by atoms with van der Waals surface area (Å²) in [7, 11) is -3.40. The molecule has 0 N–H and O–H groups in total. The summed E-state index contributed by atoms with van der Waals surface area (Å²) in [5.41, 5.74) is 1.20. The minimum absolute atomic E-state index is 0.0969. The quantitative estimate of drug-likeness (QED) is 0.605. The fourth-order valence-corrected chi connectivity index (χ4v) is 3.43. The second-order valence-corrected chi connectivity index (χ2v) is 8.88. The van der Waals surface area contributed by atoms with Crippen LogP contribution in [0.1, 0.15) is 31.0 Å². The van der Waals surface area contributed by atoms with Crippen molar-refractivity contribution in [3.8, 4) is 16.9 Å². The zero-order valence-corrected chi connectivity index (χ0v) is 16.3. The van der Waals surface area contributed by atoms with Crippen LogP contribution in [0.3, 0.4) is 0 Å². The van der Waals surface area contributed by atoms with Gasteiger partial charge in [0.2, 0.25) is 0 Å². The number of halogens is 3. The highest BCUT2D eigenvalue weighted by Crippen LogP contribution is 2.33. The van der Waals surface area contributed by atoms with Crippen molar-refractivity contribution >= 4 is 9.84 Å². The molecule has 28 heavy (non-hydrogen) atoms. The smallest absolute Gasteiger partial charge is 0.233 e. The first-order chi connectivity index (χ1) is 13.0. The molecule has 0 radical (unpaired) electrons. The lowest BCUT2D eigenvalue weighted by atomic mass is 10.0. The zero-order valence-electron chi connectivity index (χ0n) is 15.5. The van der Waals surface area contributed by atoms with Crippen LogP contribution in [0.4, 0.5) is 13.2 Å². The van der Waals surface area contributed by atoms with Crippen LogP contribution in [0.2, 0.25) is 0 Å². The van der Waals surface area contributed by atoms with Gasteiger partial charge in [0.05, 0.1) is 16.3 Å². The minimum Gasteiger partial charge on any atom is -0.233 e. The third-order valence-corrected chi connectivity index (χ3v) is 5.51. The summed E-state index contributed by atoms with van der Waals surface area (Å²) in [4.78, 5) is 0.0969. The first-order valence-corrected chi connectivity index (χ1v) is 10.4. The van der Waals surface area contributed by atoms with Crippen molar-refractivity contribution < 1.29 is 21.6 Å². The van der Waals surface area contributed by atoms with E-state index in [9.17, 15) is 21.6 Å². The van der Waals surface area contributed by atoms with Crippen LogP contribution >= 0.6 is 0 Å². The second-order valence-electron chi connectivity index (χ2n) is 6.87. The van der Waals surface area contributed by atoms with E-state index in [-0.39, 0.29) is 10.6 Å². The van der Waals surface area contributed by atoms with Gasteiger partial charge in [0.15, 0.2) is 15.5 Å². The van der Waals surface area contributed by atoms with Gasteiger partial charge in [-0.2, -0.15) is 18.3 Å². The molecule has 1 heterocycles. The second kappa shape index (κ2) is 7.09. The highest BCUT2D eigenvalue weighted by molar-refractivity contribution is 7.90. The number of nitrogens with zero attached hydrogens (tertiary/aromatic N) is 2. The molecule has 0 fully saturated rings. The van der Waals surface area contributed by atoms with Crippen LogP contribution in [0, 0.1) is 0 Å². The van der Waals surface area contributed by atoms with Gasteiger partial charge < -0.3 is 0 Å². The van der Waals surface area contributed by atoms with Gasteiger partial charge in [0, 0.05) is 11.8 Å². The van der Waals surface area contributed by atoms with Gasteiger partial charge in [0.1, 0.15) is 0 Å². The molecule has 8 heteroatoms. The van der Waals surface area contributed by atoms with Gasteiger partial charge in [-0.3, -0.25) is 0 Å². The summed E-state index contributed by atoms with van der Waals surface area (Å²) in [6.45, 7) is 4.05. The van der Waals surface area contributed by atoms with Gasteiger partial charge in [-0.15, -0.1) is 0 Å².